The smallest absolute Gasteiger partial charge is 0.0952 e. The Hall–Kier alpha value is -0.120. The molecule has 3 heteroatoms. The van der Waals surface area contributed by atoms with Gasteiger partial charge in [-0.3, -0.25) is 0 Å². The fraction of sp³-hybridized carbons (Fsp3) is 1.00. The van der Waals surface area contributed by atoms with Crippen molar-refractivity contribution in [2.24, 2.45) is 17.3 Å². The molecule has 2 bridgehead atoms. The number of hydrogen-bond acceptors (Lipinski definition) is 3. The molecule has 5 atom stereocenters. The molecular formula is C15H26O3. The quantitative estimate of drug-likeness (QED) is 0.753. The standard InChI is InChI=1S/C15H26O3/c1-13(2)8-11-10(13)4-6-14(3)12(17)5-7-15(11,9-16)18-14/h10-12,16-17H,4-9H2,1-3H3/t10-,11+,12-,14-,15-/m1/s1. The van der Waals surface area contributed by atoms with Crippen molar-refractivity contribution in [3.05, 3.63) is 0 Å². The molecule has 0 spiro atoms. The molecule has 2 N–H and O–H groups in total. The van der Waals surface area contributed by atoms with Crippen molar-refractivity contribution < 1.29 is 14.9 Å². The van der Waals surface area contributed by atoms with Crippen LogP contribution in [0.3, 0.4) is 0 Å². The van der Waals surface area contributed by atoms with Crippen LogP contribution in [0.5, 0.6) is 0 Å². The van der Waals surface area contributed by atoms with Gasteiger partial charge in [0.05, 0.1) is 23.9 Å². The van der Waals surface area contributed by atoms with Crippen molar-refractivity contribution in [3.63, 3.8) is 0 Å². The lowest BCUT2D eigenvalue weighted by Gasteiger charge is -2.59. The van der Waals surface area contributed by atoms with Crippen LogP contribution in [-0.4, -0.2) is 34.1 Å². The fourth-order valence-electron chi connectivity index (χ4n) is 4.81. The summed E-state index contributed by atoms with van der Waals surface area (Å²) in [5.41, 5.74) is -0.464. The van der Waals surface area contributed by atoms with Crippen LogP contribution in [-0.2, 0) is 4.74 Å². The Kier molecular flexibility index (Phi) is 2.66. The summed E-state index contributed by atoms with van der Waals surface area (Å²) in [6, 6.07) is 0. The molecule has 0 radical (unpaired) electrons. The summed E-state index contributed by atoms with van der Waals surface area (Å²) in [6.07, 6.45) is 4.37. The van der Waals surface area contributed by atoms with Crippen LogP contribution in [0.15, 0.2) is 0 Å². The summed E-state index contributed by atoms with van der Waals surface area (Å²) in [6.45, 7) is 6.78. The zero-order valence-electron chi connectivity index (χ0n) is 11.8. The molecule has 0 amide bonds. The number of rotatable bonds is 1. The average Bonchev–Trinajstić information content (AvgIpc) is 2.39. The van der Waals surface area contributed by atoms with Gasteiger partial charge in [-0.2, -0.15) is 0 Å². The molecule has 18 heavy (non-hydrogen) atoms. The molecule has 2 heterocycles. The predicted octanol–water partition coefficient (Wildman–Crippen LogP) is 2.10. The van der Waals surface area contributed by atoms with Gasteiger partial charge in [0, 0.05) is 0 Å². The third kappa shape index (κ3) is 1.53. The molecule has 3 fully saturated rings. The van der Waals surface area contributed by atoms with Crippen molar-refractivity contribution in [2.75, 3.05) is 6.61 Å². The summed E-state index contributed by atoms with van der Waals surface area (Å²) in [7, 11) is 0. The SMILES string of the molecule is CC1(C)C[C@H]2[C@H]1CC[C@@]1(C)O[C@@]2(CO)CC[C@H]1O. The molecule has 0 aromatic heterocycles. The van der Waals surface area contributed by atoms with Gasteiger partial charge in [0.15, 0.2) is 0 Å². The lowest BCUT2D eigenvalue weighted by atomic mass is 9.50. The van der Waals surface area contributed by atoms with Crippen molar-refractivity contribution in [3.8, 4) is 0 Å². The molecule has 0 aromatic carbocycles. The van der Waals surface area contributed by atoms with Crippen molar-refractivity contribution in [2.45, 2.75) is 70.2 Å². The zero-order valence-corrected chi connectivity index (χ0v) is 11.8. The number of ether oxygens (including phenoxy) is 1. The molecular weight excluding hydrogens is 228 g/mol. The van der Waals surface area contributed by atoms with Crippen LogP contribution in [0, 0.1) is 17.3 Å². The van der Waals surface area contributed by atoms with Crippen LogP contribution < -0.4 is 0 Å². The molecule has 1 saturated carbocycles. The van der Waals surface area contributed by atoms with Gasteiger partial charge in [-0.25, -0.2) is 0 Å². The predicted molar refractivity (Wildman–Crippen MR) is 69.2 cm³/mol. The van der Waals surface area contributed by atoms with Gasteiger partial charge in [-0.15, -0.1) is 0 Å². The summed E-state index contributed by atoms with van der Waals surface area (Å²) < 4.78 is 6.31. The number of aliphatic hydroxyl groups is 2. The first-order valence-corrected chi connectivity index (χ1v) is 7.32. The second-order valence-corrected chi connectivity index (χ2v) is 7.64. The average molecular weight is 254 g/mol. The lowest BCUT2D eigenvalue weighted by Crippen LogP contribution is -2.62. The van der Waals surface area contributed by atoms with E-state index in [0.717, 1.165) is 32.1 Å². The Morgan fingerprint density at radius 3 is 2.44 bits per heavy atom. The zero-order chi connectivity index (χ0) is 13.2. The first kappa shape index (κ1) is 12.9. The summed E-state index contributed by atoms with van der Waals surface area (Å²) in [5, 5.41) is 20.1. The van der Waals surface area contributed by atoms with Crippen LogP contribution in [0.4, 0.5) is 0 Å². The molecule has 2 aliphatic heterocycles. The minimum absolute atomic E-state index is 0.104. The highest BCUT2D eigenvalue weighted by Gasteiger charge is 2.62. The summed E-state index contributed by atoms with van der Waals surface area (Å²) in [5.74, 6) is 1.11. The Bertz CT molecular complexity index is 354. The summed E-state index contributed by atoms with van der Waals surface area (Å²) in [4.78, 5) is 0. The molecule has 0 aromatic rings. The summed E-state index contributed by atoms with van der Waals surface area (Å²) >= 11 is 0. The highest BCUT2D eigenvalue weighted by molar-refractivity contribution is 5.11. The first-order chi connectivity index (χ1) is 8.33. The second kappa shape index (κ2) is 3.71. The van der Waals surface area contributed by atoms with E-state index in [0.29, 0.717) is 17.3 Å². The number of fused-ring (bicyclic) bond motifs is 4. The van der Waals surface area contributed by atoms with E-state index in [4.69, 9.17) is 4.74 Å². The maximum absolute atomic E-state index is 10.2. The lowest BCUT2D eigenvalue weighted by molar-refractivity contribution is -0.271. The second-order valence-electron chi connectivity index (χ2n) is 7.64. The molecule has 0 unspecified atom stereocenters. The molecule has 3 rings (SSSR count). The molecule has 3 nitrogen and oxygen atoms in total. The largest absolute Gasteiger partial charge is 0.393 e. The van der Waals surface area contributed by atoms with Gasteiger partial charge in [0.2, 0.25) is 0 Å². The maximum Gasteiger partial charge on any atom is 0.0952 e. The van der Waals surface area contributed by atoms with Gasteiger partial charge in [-0.1, -0.05) is 13.8 Å². The van der Waals surface area contributed by atoms with Crippen LogP contribution >= 0.6 is 0 Å². The van der Waals surface area contributed by atoms with E-state index < -0.39 is 5.60 Å². The Balaban J connectivity index is 1.96. The Morgan fingerprint density at radius 2 is 1.83 bits per heavy atom. The molecule has 104 valence electrons. The van der Waals surface area contributed by atoms with E-state index in [1.807, 2.05) is 6.92 Å². The number of aliphatic hydroxyl groups excluding tert-OH is 2. The third-order valence-electron chi connectivity index (χ3n) is 6.11. The van der Waals surface area contributed by atoms with E-state index in [2.05, 4.69) is 13.8 Å². The van der Waals surface area contributed by atoms with E-state index in [1.165, 1.54) is 0 Å². The highest BCUT2D eigenvalue weighted by Crippen LogP contribution is 2.62. The normalized spacial score (nSPS) is 54.2. The Labute approximate surface area is 110 Å². The van der Waals surface area contributed by atoms with E-state index in [1.54, 1.807) is 0 Å². The first-order valence-electron chi connectivity index (χ1n) is 7.32. The third-order valence-corrected chi connectivity index (χ3v) is 6.11. The number of hydrogen-bond donors (Lipinski definition) is 2. The topological polar surface area (TPSA) is 49.7 Å². The van der Waals surface area contributed by atoms with Gasteiger partial charge in [0.1, 0.15) is 0 Å². The van der Waals surface area contributed by atoms with Gasteiger partial charge < -0.3 is 14.9 Å². The van der Waals surface area contributed by atoms with Gasteiger partial charge in [-0.05, 0) is 56.3 Å². The van der Waals surface area contributed by atoms with E-state index >= 15 is 0 Å². The molecule has 2 saturated heterocycles. The minimum Gasteiger partial charge on any atom is -0.393 e. The monoisotopic (exact) mass is 254 g/mol. The maximum atomic E-state index is 10.2. The van der Waals surface area contributed by atoms with E-state index in [9.17, 15) is 10.2 Å². The molecule has 3 aliphatic rings. The highest BCUT2D eigenvalue weighted by atomic mass is 16.5. The van der Waals surface area contributed by atoms with Gasteiger partial charge in [0.25, 0.3) is 0 Å². The van der Waals surface area contributed by atoms with E-state index in [-0.39, 0.29) is 18.3 Å². The van der Waals surface area contributed by atoms with Crippen LogP contribution in [0.25, 0.3) is 0 Å². The van der Waals surface area contributed by atoms with Gasteiger partial charge >= 0.3 is 0 Å². The van der Waals surface area contributed by atoms with Crippen LogP contribution in [0.2, 0.25) is 0 Å². The van der Waals surface area contributed by atoms with Crippen molar-refractivity contribution in [1.82, 2.24) is 0 Å². The minimum atomic E-state index is -0.450. The Morgan fingerprint density at radius 1 is 1.11 bits per heavy atom. The molecule has 1 aliphatic carbocycles. The fourth-order valence-corrected chi connectivity index (χ4v) is 4.81. The van der Waals surface area contributed by atoms with Crippen molar-refractivity contribution in [1.29, 1.82) is 0 Å². The van der Waals surface area contributed by atoms with Crippen molar-refractivity contribution >= 4 is 0 Å². The van der Waals surface area contributed by atoms with Crippen LogP contribution in [0.1, 0.15) is 52.9 Å².